The molecule has 2 aromatic carbocycles. The highest BCUT2D eigenvalue weighted by Crippen LogP contribution is 2.28. The number of hydrogen-bond donors (Lipinski definition) is 0. The number of hydrogen-bond acceptors (Lipinski definition) is 4. The molecule has 0 radical (unpaired) electrons. The summed E-state index contributed by atoms with van der Waals surface area (Å²) < 4.78 is 5.39. The van der Waals surface area contributed by atoms with Gasteiger partial charge in [0.05, 0.1) is 10.5 Å². The maximum atomic E-state index is 12.3. The lowest BCUT2D eigenvalue weighted by Crippen LogP contribution is -2.24. The third-order valence-corrected chi connectivity index (χ3v) is 2.91. The number of carbonyl (C=O) groups is 1. The van der Waals surface area contributed by atoms with Crippen LogP contribution >= 0.6 is 0 Å². The third kappa shape index (κ3) is 3.69. The minimum atomic E-state index is -0.604. The Morgan fingerprint density at radius 1 is 1.09 bits per heavy atom. The zero-order valence-corrected chi connectivity index (χ0v) is 12.7. The van der Waals surface area contributed by atoms with E-state index in [-0.39, 0.29) is 5.69 Å². The number of nitro benzene ring substituents is 1. The van der Waals surface area contributed by atoms with Crippen molar-refractivity contribution >= 4 is 11.7 Å². The fourth-order valence-electron chi connectivity index (χ4n) is 2.03. The summed E-state index contributed by atoms with van der Waals surface area (Å²) in [5.74, 6) is -0.449. The highest BCUT2D eigenvalue weighted by Gasteiger charge is 2.21. The molecule has 0 fully saturated rings. The van der Waals surface area contributed by atoms with Crippen molar-refractivity contribution in [3.63, 3.8) is 0 Å². The lowest BCUT2D eigenvalue weighted by molar-refractivity contribution is -0.384. The van der Waals surface area contributed by atoms with E-state index < -0.39 is 16.5 Å². The second kappa shape index (κ2) is 5.97. The highest BCUT2D eigenvalue weighted by molar-refractivity contribution is 5.97. The molecule has 0 bridgehead atoms. The van der Waals surface area contributed by atoms with E-state index in [4.69, 9.17) is 4.74 Å². The Hall–Kier alpha value is -2.69. The van der Waals surface area contributed by atoms with Crippen LogP contribution in [-0.4, -0.2) is 16.5 Å². The normalized spacial score (nSPS) is 11.0. The van der Waals surface area contributed by atoms with Crippen LogP contribution in [0, 0.1) is 10.1 Å². The van der Waals surface area contributed by atoms with Crippen LogP contribution < -0.4 is 0 Å². The summed E-state index contributed by atoms with van der Waals surface area (Å²) in [4.78, 5) is 22.8. The van der Waals surface area contributed by atoms with Gasteiger partial charge in [-0.3, -0.25) is 10.1 Å². The predicted molar refractivity (Wildman–Crippen MR) is 83.7 cm³/mol. The molecule has 5 heteroatoms. The zero-order chi connectivity index (χ0) is 16.3. The second-order valence-corrected chi connectivity index (χ2v) is 5.85. The topological polar surface area (TPSA) is 69.4 Å². The van der Waals surface area contributed by atoms with E-state index >= 15 is 0 Å². The molecule has 0 unspecified atom stereocenters. The van der Waals surface area contributed by atoms with E-state index in [0.717, 1.165) is 0 Å². The summed E-state index contributed by atoms with van der Waals surface area (Å²) in [7, 11) is 0. The van der Waals surface area contributed by atoms with Gasteiger partial charge < -0.3 is 4.74 Å². The van der Waals surface area contributed by atoms with Gasteiger partial charge in [-0.15, -0.1) is 0 Å². The van der Waals surface area contributed by atoms with Crippen LogP contribution in [0.3, 0.4) is 0 Å². The molecule has 0 aliphatic rings. The number of benzene rings is 2. The largest absolute Gasteiger partial charge is 0.456 e. The monoisotopic (exact) mass is 299 g/mol. The van der Waals surface area contributed by atoms with Crippen molar-refractivity contribution in [3.8, 4) is 11.1 Å². The molecule has 0 atom stereocenters. The quantitative estimate of drug-likeness (QED) is 0.483. The van der Waals surface area contributed by atoms with Crippen LogP contribution in [0.15, 0.2) is 48.5 Å². The molecule has 0 amide bonds. The standard InChI is InChI=1S/C17H17NO4/c1-17(2,3)22-16(19)15-10-5-4-9-14(15)12-7-6-8-13(11-12)18(20)21/h4-11H,1-3H3. The molecule has 0 spiro atoms. The number of esters is 1. The van der Waals surface area contributed by atoms with E-state index in [0.29, 0.717) is 16.7 Å². The molecule has 0 saturated heterocycles. The number of carbonyl (C=O) groups excluding carboxylic acids is 1. The molecule has 2 rings (SSSR count). The Labute approximate surface area is 128 Å². The van der Waals surface area contributed by atoms with Gasteiger partial charge in [0.1, 0.15) is 5.60 Å². The molecule has 0 aliphatic carbocycles. The Kier molecular flexibility index (Phi) is 4.26. The number of rotatable bonds is 3. The molecular formula is C17H17NO4. The van der Waals surface area contributed by atoms with Gasteiger partial charge in [-0.05, 0) is 38.0 Å². The molecule has 0 heterocycles. The predicted octanol–water partition coefficient (Wildman–Crippen LogP) is 4.22. The van der Waals surface area contributed by atoms with Gasteiger partial charge in [0.2, 0.25) is 0 Å². The number of non-ortho nitro benzene ring substituents is 1. The average Bonchev–Trinajstić information content (AvgIpc) is 2.45. The zero-order valence-electron chi connectivity index (χ0n) is 12.7. The fourth-order valence-corrected chi connectivity index (χ4v) is 2.03. The van der Waals surface area contributed by atoms with Gasteiger partial charge in [-0.2, -0.15) is 0 Å². The van der Waals surface area contributed by atoms with Crippen molar-refractivity contribution in [2.75, 3.05) is 0 Å². The molecule has 114 valence electrons. The SMILES string of the molecule is CC(C)(C)OC(=O)c1ccccc1-c1cccc([N+](=O)[O-])c1. The van der Waals surface area contributed by atoms with E-state index in [1.165, 1.54) is 12.1 Å². The van der Waals surface area contributed by atoms with Gasteiger partial charge in [-0.1, -0.05) is 30.3 Å². The van der Waals surface area contributed by atoms with Crippen LogP contribution in [0.5, 0.6) is 0 Å². The lowest BCUT2D eigenvalue weighted by atomic mass is 9.99. The van der Waals surface area contributed by atoms with Gasteiger partial charge in [0.15, 0.2) is 0 Å². The molecule has 0 N–H and O–H groups in total. The van der Waals surface area contributed by atoms with Gasteiger partial charge in [-0.25, -0.2) is 4.79 Å². The van der Waals surface area contributed by atoms with Crippen molar-refractivity contribution in [3.05, 3.63) is 64.2 Å². The average molecular weight is 299 g/mol. The Bertz CT molecular complexity index is 717. The van der Waals surface area contributed by atoms with Crippen LogP contribution in [0.4, 0.5) is 5.69 Å². The number of nitro groups is 1. The van der Waals surface area contributed by atoms with E-state index in [2.05, 4.69) is 0 Å². The van der Waals surface area contributed by atoms with Crippen LogP contribution in [0.1, 0.15) is 31.1 Å². The first-order valence-electron chi connectivity index (χ1n) is 6.85. The third-order valence-electron chi connectivity index (χ3n) is 2.91. The summed E-state index contributed by atoms with van der Waals surface area (Å²) in [6.45, 7) is 5.38. The minimum Gasteiger partial charge on any atom is -0.456 e. The summed E-state index contributed by atoms with van der Waals surface area (Å²) in [5, 5.41) is 10.9. The molecule has 0 aliphatic heterocycles. The first kappa shape index (κ1) is 15.7. The summed E-state index contributed by atoms with van der Waals surface area (Å²) in [6, 6.07) is 13.1. The second-order valence-electron chi connectivity index (χ2n) is 5.85. The molecule has 0 aromatic heterocycles. The number of nitrogens with zero attached hydrogens (tertiary/aromatic N) is 1. The van der Waals surface area contributed by atoms with Crippen molar-refractivity contribution in [1.29, 1.82) is 0 Å². The summed E-state index contributed by atoms with van der Waals surface area (Å²) in [5.41, 5.74) is 0.984. The van der Waals surface area contributed by atoms with Crippen molar-refractivity contribution in [1.82, 2.24) is 0 Å². The van der Waals surface area contributed by atoms with E-state index in [1.54, 1.807) is 57.2 Å². The Morgan fingerprint density at radius 3 is 2.41 bits per heavy atom. The molecule has 0 saturated carbocycles. The summed E-state index contributed by atoms with van der Waals surface area (Å²) in [6.07, 6.45) is 0. The van der Waals surface area contributed by atoms with Gasteiger partial charge in [0, 0.05) is 12.1 Å². The Balaban J connectivity index is 2.47. The lowest BCUT2D eigenvalue weighted by Gasteiger charge is -2.20. The van der Waals surface area contributed by atoms with Crippen molar-refractivity contribution in [2.24, 2.45) is 0 Å². The van der Waals surface area contributed by atoms with Crippen molar-refractivity contribution < 1.29 is 14.5 Å². The summed E-state index contributed by atoms with van der Waals surface area (Å²) >= 11 is 0. The first-order valence-corrected chi connectivity index (χ1v) is 6.85. The molecular weight excluding hydrogens is 282 g/mol. The maximum absolute atomic E-state index is 12.3. The van der Waals surface area contributed by atoms with Crippen LogP contribution in [0.25, 0.3) is 11.1 Å². The van der Waals surface area contributed by atoms with Gasteiger partial charge in [0.25, 0.3) is 5.69 Å². The molecule has 22 heavy (non-hydrogen) atoms. The molecule has 5 nitrogen and oxygen atoms in total. The smallest absolute Gasteiger partial charge is 0.339 e. The fraction of sp³-hybridized carbons (Fsp3) is 0.235. The van der Waals surface area contributed by atoms with Crippen molar-refractivity contribution in [2.45, 2.75) is 26.4 Å². The highest BCUT2D eigenvalue weighted by atomic mass is 16.6. The van der Waals surface area contributed by atoms with E-state index in [9.17, 15) is 14.9 Å². The van der Waals surface area contributed by atoms with Crippen LogP contribution in [0.2, 0.25) is 0 Å². The first-order chi connectivity index (χ1) is 10.3. The Morgan fingerprint density at radius 2 is 1.77 bits per heavy atom. The maximum Gasteiger partial charge on any atom is 0.339 e. The van der Waals surface area contributed by atoms with E-state index in [1.807, 2.05) is 0 Å². The van der Waals surface area contributed by atoms with Gasteiger partial charge >= 0.3 is 5.97 Å². The number of ether oxygens (including phenoxy) is 1. The minimum absolute atomic E-state index is 0.0171. The van der Waals surface area contributed by atoms with Crippen LogP contribution in [-0.2, 0) is 4.74 Å². The molecule has 2 aromatic rings.